The molecule has 18 heavy (non-hydrogen) atoms. The number of nitrogens with zero attached hydrogens (tertiary/aromatic N) is 2. The van der Waals surface area contributed by atoms with Crippen LogP contribution in [0.25, 0.3) is 0 Å². The van der Waals surface area contributed by atoms with E-state index < -0.39 is 12.1 Å². The second-order valence-electron chi connectivity index (χ2n) is 3.25. The molecule has 0 aliphatic heterocycles. The largest absolute Gasteiger partial charge is 0.470 e. The Bertz CT molecular complexity index is 544. The standard InChI is InChI=1S/C10H6ClF3N2OS/c11-7-4-2-1-3-6(7)5-18-9-16-15-8(17-9)10(12,13)14/h1-4H,5H2. The number of hydrogen-bond donors (Lipinski definition) is 0. The van der Waals surface area contributed by atoms with Gasteiger partial charge < -0.3 is 4.42 Å². The van der Waals surface area contributed by atoms with Gasteiger partial charge in [-0.2, -0.15) is 13.2 Å². The molecule has 1 aromatic carbocycles. The molecule has 3 nitrogen and oxygen atoms in total. The fourth-order valence-corrected chi connectivity index (χ4v) is 2.19. The van der Waals surface area contributed by atoms with E-state index >= 15 is 0 Å². The fraction of sp³-hybridized carbons (Fsp3) is 0.200. The maximum atomic E-state index is 12.2. The monoisotopic (exact) mass is 294 g/mol. The van der Waals surface area contributed by atoms with Gasteiger partial charge in [0.2, 0.25) is 0 Å². The summed E-state index contributed by atoms with van der Waals surface area (Å²) >= 11 is 6.91. The molecule has 0 amide bonds. The SMILES string of the molecule is FC(F)(F)c1nnc(SCc2ccccc2Cl)o1. The highest BCUT2D eigenvalue weighted by Gasteiger charge is 2.38. The number of hydrogen-bond acceptors (Lipinski definition) is 4. The lowest BCUT2D eigenvalue weighted by molar-refractivity contribution is -0.158. The molecule has 96 valence electrons. The topological polar surface area (TPSA) is 38.9 Å². The van der Waals surface area contributed by atoms with Gasteiger partial charge in [0, 0.05) is 10.8 Å². The van der Waals surface area contributed by atoms with Crippen LogP contribution in [-0.4, -0.2) is 10.2 Å². The van der Waals surface area contributed by atoms with E-state index in [0.29, 0.717) is 10.8 Å². The highest BCUT2D eigenvalue weighted by atomic mass is 35.5. The molecule has 0 saturated heterocycles. The first-order chi connectivity index (χ1) is 8.47. The van der Waals surface area contributed by atoms with Crippen molar-refractivity contribution in [1.82, 2.24) is 10.2 Å². The summed E-state index contributed by atoms with van der Waals surface area (Å²) in [6.45, 7) is 0. The van der Waals surface area contributed by atoms with Crippen LogP contribution in [0.2, 0.25) is 5.02 Å². The lowest BCUT2D eigenvalue weighted by Crippen LogP contribution is -2.04. The van der Waals surface area contributed by atoms with Gasteiger partial charge in [0.05, 0.1) is 0 Å². The Labute approximate surface area is 109 Å². The smallest absolute Gasteiger partial charge is 0.408 e. The van der Waals surface area contributed by atoms with Crippen molar-refractivity contribution in [1.29, 1.82) is 0 Å². The van der Waals surface area contributed by atoms with Gasteiger partial charge >= 0.3 is 12.1 Å². The summed E-state index contributed by atoms with van der Waals surface area (Å²) in [5.41, 5.74) is 0.788. The Morgan fingerprint density at radius 2 is 1.94 bits per heavy atom. The van der Waals surface area contributed by atoms with Gasteiger partial charge in [0.25, 0.3) is 5.22 Å². The van der Waals surface area contributed by atoms with Crippen LogP contribution in [0.1, 0.15) is 11.5 Å². The summed E-state index contributed by atoms with van der Waals surface area (Å²) in [7, 11) is 0. The maximum Gasteiger partial charge on any atom is 0.470 e. The Balaban J connectivity index is 2.03. The summed E-state index contributed by atoms with van der Waals surface area (Å²) in [6, 6.07) is 7.03. The predicted molar refractivity (Wildman–Crippen MR) is 60.3 cm³/mol. The first-order valence-electron chi connectivity index (χ1n) is 4.74. The van der Waals surface area contributed by atoms with Crippen molar-refractivity contribution in [3.05, 3.63) is 40.7 Å². The molecule has 0 aliphatic rings. The first-order valence-corrected chi connectivity index (χ1v) is 6.10. The third-order valence-corrected chi connectivity index (χ3v) is 3.19. The molecule has 0 fully saturated rings. The van der Waals surface area contributed by atoms with Gasteiger partial charge in [-0.15, -0.1) is 10.2 Å². The number of aromatic nitrogens is 2. The zero-order valence-electron chi connectivity index (χ0n) is 8.74. The van der Waals surface area contributed by atoms with Crippen molar-refractivity contribution in [2.24, 2.45) is 0 Å². The van der Waals surface area contributed by atoms with Gasteiger partial charge in [-0.3, -0.25) is 0 Å². The summed E-state index contributed by atoms with van der Waals surface area (Å²) in [5.74, 6) is -0.983. The Hall–Kier alpha value is -1.21. The van der Waals surface area contributed by atoms with Gasteiger partial charge in [-0.05, 0) is 11.6 Å². The number of benzene rings is 1. The molecular weight excluding hydrogens is 289 g/mol. The van der Waals surface area contributed by atoms with E-state index in [2.05, 4.69) is 14.6 Å². The van der Waals surface area contributed by atoms with E-state index in [1.54, 1.807) is 24.3 Å². The third kappa shape index (κ3) is 3.17. The molecule has 2 aromatic rings. The van der Waals surface area contributed by atoms with Crippen LogP contribution < -0.4 is 0 Å². The second-order valence-corrected chi connectivity index (χ2v) is 4.58. The molecule has 0 saturated carbocycles. The van der Waals surface area contributed by atoms with Crippen LogP contribution in [0.5, 0.6) is 0 Å². The summed E-state index contributed by atoms with van der Waals surface area (Å²) in [4.78, 5) is 0. The first kappa shape index (κ1) is 13.2. The number of rotatable bonds is 3. The van der Waals surface area contributed by atoms with E-state index in [-0.39, 0.29) is 5.22 Å². The number of alkyl halides is 3. The maximum absolute atomic E-state index is 12.2. The zero-order valence-corrected chi connectivity index (χ0v) is 10.3. The van der Waals surface area contributed by atoms with Crippen LogP contribution >= 0.6 is 23.4 Å². The van der Waals surface area contributed by atoms with E-state index in [1.807, 2.05) is 0 Å². The Morgan fingerprint density at radius 1 is 1.22 bits per heavy atom. The Morgan fingerprint density at radius 3 is 2.56 bits per heavy atom. The highest BCUT2D eigenvalue weighted by Crippen LogP contribution is 2.31. The molecule has 8 heteroatoms. The summed E-state index contributed by atoms with van der Waals surface area (Å²) < 4.78 is 41.1. The van der Waals surface area contributed by atoms with Crippen molar-refractivity contribution in [3.8, 4) is 0 Å². The van der Waals surface area contributed by atoms with E-state index in [4.69, 9.17) is 11.6 Å². The molecular formula is C10H6ClF3N2OS. The second kappa shape index (κ2) is 5.19. The van der Waals surface area contributed by atoms with Crippen LogP contribution in [0.15, 0.2) is 33.9 Å². The van der Waals surface area contributed by atoms with Crippen molar-refractivity contribution in [2.45, 2.75) is 17.2 Å². The normalized spacial score (nSPS) is 11.8. The quantitative estimate of drug-likeness (QED) is 0.801. The highest BCUT2D eigenvalue weighted by molar-refractivity contribution is 7.98. The van der Waals surface area contributed by atoms with Crippen LogP contribution in [0.3, 0.4) is 0 Å². The van der Waals surface area contributed by atoms with Crippen molar-refractivity contribution >= 4 is 23.4 Å². The number of thioether (sulfide) groups is 1. The van der Waals surface area contributed by atoms with Crippen molar-refractivity contribution in [3.63, 3.8) is 0 Å². The third-order valence-electron chi connectivity index (χ3n) is 1.96. The van der Waals surface area contributed by atoms with Gasteiger partial charge in [0.1, 0.15) is 0 Å². The molecule has 0 unspecified atom stereocenters. The van der Waals surface area contributed by atoms with Crippen molar-refractivity contribution < 1.29 is 17.6 Å². The van der Waals surface area contributed by atoms with Gasteiger partial charge in [0.15, 0.2) is 0 Å². The molecule has 0 spiro atoms. The molecule has 2 rings (SSSR count). The summed E-state index contributed by atoms with van der Waals surface area (Å²) in [5, 5.41) is 6.64. The van der Waals surface area contributed by atoms with Gasteiger partial charge in [-0.1, -0.05) is 41.6 Å². The minimum absolute atomic E-state index is 0.137. The lowest BCUT2D eigenvalue weighted by Gasteiger charge is -2.00. The van der Waals surface area contributed by atoms with Crippen LogP contribution in [-0.2, 0) is 11.9 Å². The average Bonchev–Trinajstić information content (AvgIpc) is 2.76. The summed E-state index contributed by atoms with van der Waals surface area (Å²) in [6.07, 6.45) is -4.61. The van der Waals surface area contributed by atoms with Gasteiger partial charge in [-0.25, -0.2) is 0 Å². The fourth-order valence-electron chi connectivity index (χ4n) is 1.14. The number of halogens is 4. The molecule has 0 atom stereocenters. The zero-order chi connectivity index (χ0) is 13.2. The molecule has 0 bridgehead atoms. The van der Waals surface area contributed by atoms with Crippen LogP contribution in [0.4, 0.5) is 13.2 Å². The lowest BCUT2D eigenvalue weighted by atomic mass is 10.2. The average molecular weight is 295 g/mol. The Kier molecular flexibility index (Phi) is 3.82. The molecule has 1 aromatic heterocycles. The van der Waals surface area contributed by atoms with Crippen molar-refractivity contribution in [2.75, 3.05) is 0 Å². The van der Waals surface area contributed by atoms with E-state index in [0.717, 1.165) is 17.3 Å². The predicted octanol–water partition coefficient (Wildman–Crippen LogP) is 4.03. The van der Waals surface area contributed by atoms with E-state index in [1.165, 1.54) is 0 Å². The molecule has 0 N–H and O–H groups in total. The van der Waals surface area contributed by atoms with Crippen LogP contribution in [0, 0.1) is 0 Å². The minimum Gasteiger partial charge on any atom is -0.408 e. The minimum atomic E-state index is -4.61. The molecule has 1 heterocycles. The van der Waals surface area contributed by atoms with E-state index in [9.17, 15) is 13.2 Å². The molecule has 0 aliphatic carbocycles. The molecule has 0 radical (unpaired) electrons.